The zero-order valence-corrected chi connectivity index (χ0v) is 9.10. The van der Waals surface area contributed by atoms with Crippen molar-refractivity contribution in [2.75, 3.05) is 6.54 Å². The van der Waals surface area contributed by atoms with Gasteiger partial charge in [-0.3, -0.25) is 9.78 Å². The molecule has 0 saturated carbocycles. The minimum Gasteiger partial charge on any atom is -0.391 e. The molecule has 0 fully saturated rings. The summed E-state index contributed by atoms with van der Waals surface area (Å²) in [7, 11) is 0. The van der Waals surface area contributed by atoms with E-state index in [1.807, 2.05) is 0 Å². The van der Waals surface area contributed by atoms with Gasteiger partial charge in [-0.15, -0.1) is 0 Å². The Morgan fingerprint density at radius 2 is 2.40 bits per heavy atom. The number of ketones is 1. The van der Waals surface area contributed by atoms with E-state index in [0.717, 1.165) is 6.54 Å². The molecular formula is C12H16N2O. The van der Waals surface area contributed by atoms with Crippen molar-refractivity contribution in [3.05, 3.63) is 42.4 Å². The fraction of sp³-hybridized carbons (Fsp3) is 0.333. The number of carbonyl (C=O) groups is 1. The average Bonchev–Trinajstić information content (AvgIpc) is 2.25. The predicted molar refractivity (Wildman–Crippen MR) is 60.5 cm³/mol. The Balaban J connectivity index is 2.43. The summed E-state index contributed by atoms with van der Waals surface area (Å²) in [6, 6.07) is 3.50. The average molecular weight is 204 g/mol. The van der Waals surface area contributed by atoms with E-state index in [4.69, 9.17) is 0 Å². The number of pyridine rings is 1. The summed E-state index contributed by atoms with van der Waals surface area (Å²) in [5.74, 6) is 0.544. The normalized spacial score (nSPS) is 10.9. The van der Waals surface area contributed by atoms with E-state index in [1.165, 1.54) is 6.08 Å². The van der Waals surface area contributed by atoms with Crippen LogP contribution in [0.3, 0.4) is 0 Å². The Morgan fingerprint density at radius 3 is 3.00 bits per heavy atom. The molecule has 0 atom stereocenters. The van der Waals surface area contributed by atoms with Crippen LogP contribution in [0.1, 0.15) is 24.2 Å². The molecule has 1 N–H and O–H groups in total. The molecule has 80 valence electrons. The van der Waals surface area contributed by atoms with E-state index in [-0.39, 0.29) is 5.78 Å². The second kappa shape index (κ2) is 5.96. The van der Waals surface area contributed by atoms with Gasteiger partial charge in [-0.2, -0.15) is 0 Å². The first-order chi connectivity index (χ1) is 7.20. The summed E-state index contributed by atoms with van der Waals surface area (Å²) in [5.41, 5.74) is 0.611. The lowest BCUT2D eigenvalue weighted by atomic mass is 10.2. The minimum atomic E-state index is -0.0284. The van der Waals surface area contributed by atoms with Gasteiger partial charge in [0.15, 0.2) is 5.78 Å². The number of aromatic nitrogens is 1. The van der Waals surface area contributed by atoms with Crippen LogP contribution in [-0.2, 0) is 0 Å². The Hall–Kier alpha value is -1.64. The third-order valence-electron chi connectivity index (χ3n) is 1.82. The Morgan fingerprint density at radius 1 is 1.60 bits per heavy atom. The molecule has 3 nitrogen and oxygen atoms in total. The molecule has 0 spiro atoms. The summed E-state index contributed by atoms with van der Waals surface area (Å²) in [5, 5.41) is 3.06. The number of hydrogen-bond donors (Lipinski definition) is 1. The molecule has 0 unspecified atom stereocenters. The monoisotopic (exact) mass is 204 g/mol. The van der Waals surface area contributed by atoms with Gasteiger partial charge >= 0.3 is 0 Å². The zero-order valence-electron chi connectivity index (χ0n) is 9.10. The van der Waals surface area contributed by atoms with Crippen molar-refractivity contribution in [3.8, 4) is 0 Å². The maximum absolute atomic E-state index is 11.5. The lowest BCUT2D eigenvalue weighted by Crippen LogP contribution is -2.13. The van der Waals surface area contributed by atoms with Crippen molar-refractivity contribution in [2.45, 2.75) is 13.8 Å². The van der Waals surface area contributed by atoms with E-state index >= 15 is 0 Å². The van der Waals surface area contributed by atoms with Gasteiger partial charge in [0, 0.05) is 36.8 Å². The molecule has 1 rings (SSSR count). The van der Waals surface area contributed by atoms with Crippen LogP contribution in [0, 0.1) is 5.92 Å². The lowest BCUT2D eigenvalue weighted by Gasteiger charge is -2.02. The molecular weight excluding hydrogens is 188 g/mol. The Bertz CT molecular complexity index is 331. The molecule has 0 aromatic carbocycles. The summed E-state index contributed by atoms with van der Waals surface area (Å²) >= 11 is 0. The highest BCUT2D eigenvalue weighted by atomic mass is 16.1. The van der Waals surface area contributed by atoms with Crippen LogP contribution >= 0.6 is 0 Å². The molecule has 0 bridgehead atoms. The van der Waals surface area contributed by atoms with Crippen molar-refractivity contribution >= 4 is 5.78 Å². The number of hydrogen-bond acceptors (Lipinski definition) is 3. The standard InChI is InChI=1S/C12H16N2O/c1-10(2)8-14-7-5-12(15)11-4-3-6-13-9-11/h3-7,9-10,14H,8H2,1-2H3/b7-5-. The maximum Gasteiger partial charge on any atom is 0.188 e. The van der Waals surface area contributed by atoms with Crippen LogP contribution in [-0.4, -0.2) is 17.3 Å². The molecule has 3 heteroatoms. The van der Waals surface area contributed by atoms with Crippen molar-refractivity contribution in [1.82, 2.24) is 10.3 Å². The van der Waals surface area contributed by atoms with Gasteiger partial charge in [0.2, 0.25) is 0 Å². The highest BCUT2D eigenvalue weighted by Gasteiger charge is 1.99. The zero-order chi connectivity index (χ0) is 11.1. The highest BCUT2D eigenvalue weighted by molar-refractivity contribution is 6.04. The van der Waals surface area contributed by atoms with Crippen LogP contribution in [0.25, 0.3) is 0 Å². The number of rotatable bonds is 5. The van der Waals surface area contributed by atoms with E-state index in [0.29, 0.717) is 11.5 Å². The minimum absolute atomic E-state index is 0.0284. The van der Waals surface area contributed by atoms with Gasteiger partial charge in [-0.1, -0.05) is 13.8 Å². The van der Waals surface area contributed by atoms with Crippen molar-refractivity contribution in [2.24, 2.45) is 5.92 Å². The first-order valence-corrected chi connectivity index (χ1v) is 5.04. The van der Waals surface area contributed by atoms with Crippen LogP contribution in [0.4, 0.5) is 0 Å². The summed E-state index contributed by atoms with van der Waals surface area (Å²) in [4.78, 5) is 15.4. The van der Waals surface area contributed by atoms with Crippen molar-refractivity contribution < 1.29 is 4.79 Å². The second-order valence-corrected chi connectivity index (χ2v) is 3.74. The number of allylic oxidation sites excluding steroid dienone is 1. The van der Waals surface area contributed by atoms with Crippen molar-refractivity contribution in [1.29, 1.82) is 0 Å². The molecule has 15 heavy (non-hydrogen) atoms. The van der Waals surface area contributed by atoms with Crippen LogP contribution in [0.15, 0.2) is 36.8 Å². The van der Waals surface area contributed by atoms with Crippen LogP contribution < -0.4 is 5.32 Å². The molecule has 1 heterocycles. The number of carbonyl (C=O) groups excluding carboxylic acids is 1. The highest BCUT2D eigenvalue weighted by Crippen LogP contribution is 1.97. The van der Waals surface area contributed by atoms with Gasteiger partial charge in [-0.25, -0.2) is 0 Å². The maximum atomic E-state index is 11.5. The van der Waals surface area contributed by atoms with Crippen molar-refractivity contribution in [3.63, 3.8) is 0 Å². The fourth-order valence-corrected chi connectivity index (χ4v) is 1.04. The largest absolute Gasteiger partial charge is 0.391 e. The molecule has 1 aromatic rings. The smallest absolute Gasteiger partial charge is 0.188 e. The Kier molecular flexibility index (Phi) is 4.54. The third-order valence-corrected chi connectivity index (χ3v) is 1.82. The lowest BCUT2D eigenvalue weighted by molar-refractivity contribution is 0.104. The molecule has 1 aromatic heterocycles. The summed E-state index contributed by atoms with van der Waals surface area (Å²) in [6.45, 7) is 5.10. The third kappa shape index (κ3) is 4.40. The molecule has 0 saturated heterocycles. The topological polar surface area (TPSA) is 42.0 Å². The first-order valence-electron chi connectivity index (χ1n) is 5.04. The SMILES string of the molecule is CC(C)CN/C=C\C(=O)c1cccnc1. The first kappa shape index (κ1) is 11.4. The Labute approximate surface area is 90.2 Å². The van der Waals surface area contributed by atoms with E-state index in [9.17, 15) is 4.79 Å². The molecule has 0 amide bonds. The van der Waals surface area contributed by atoms with Crippen LogP contribution in [0.2, 0.25) is 0 Å². The summed E-state index contributed by atoms with van der Waals surface area (Å²) < 4.78 is 0. The van der Waals surface area contributed by atoms with E-state index < -0.39 is 0 Å². The van der Waals surface area contributed by atoms with E-state index in [1.54, 1.807) is 30.7 Å². The molecule has 0 aliphatic rings. The number of nitrogens with zero attached hydrogens (tertiary/aromatic N) is 1. The van der Waals surface area contributed by atoms with Gasteiger partial charge in [0.1, 0.15) is 0 Å². The molecule has 0 radical (unpaired) electrons. The van der Waals surface area contributed by atoms with Gasteiger partial charge in [0.25, 0.3) is 0 Å². The molecule has 0 aliphatic carbocycles. The number of nitrogens with one attached hydrogen (secondary N) is 1. The van der Waals surface area contributed by atoms with E-state index in [2.05, 4.69) is 24.1 Å². The van der Waals surface area contributed by atoms with Gasteiger partial charge in [0.05, 0.1) is 0 Å². The fourth-order valence-electron chi connectivity index (χ4n) is 1.04. The van der Waals surface area contributed by atoms with Gasteiger partial charge in [-0.05, 0) is 18.1 Å². The predicted octanol–water partition coefficient (Wildman–Crippen LogP) is 2.02. The quantitative estimate of drug-likeness (QED) is 0.589. The molecule has 0 aliphatic heterocycles. The second-order valence-electron chi connectivity index (χ2n) is 3.74. The summed E-state index contributed by atoms with van der Waals surface area (Å²) in [6.07, 6.45) is 6.43. The van der Waals surface area contributed by atoms with Gasteiger partial charge < -0.3 is 5.32 Å². The van der Waals surface area contributed by atoms with Crippen LogP contribution in [0.5, 0.6) is 0 Å².